The molecule has 2 aromatic heterocycles. The predicted molar refractivity (Wildman–Crippen MR) is 154 cm³/mol. The van der Waals surface area contributed by atoms with Gasteiger partial charge < -0.3 is 20.7 Å². The molecule has 8 nitrogen and oxygen atoms in total. The highest BCUT2D eigenvalue weighted by molar-refractivity contribution is 5.96. The molecule has 8 heteroatoms. The maximum Gasteiger partial charge on any atom is 0.267 e. The number of rotatable bonds is 14. The zero-order valence-electron chi connectivity index (χ0n) is 23.4. The number of ether oxygens (including phenoxy) is 1. The van der Waals surface area contributed by atoms with E-state index in [1.54, 1.807) is 7.11 Å². The summed E-state index contributed by atoms with van der Waals surface area (Å²) in [5, 5.41) is 3.52. The molecular weight excluding hydrogens is 476 g/mol. The number of piperidine rings is 1. The average molecular weight is 521 g/mol. The van der Waals surface area contributed by atoms with Crippen LogP contribution in [0.3, 0.4) is 0 Å². The number of hydrogen-bond donors (Lipinski definition) is 2. The third-order valence-electron chi connectivity index (χ3n) is 7.54. The SMILES string of the molecule is CCCCc1c(C(N)=O)nc2c(nc(Nc3ccc(OC)cc3)n2CCCN2CCCCC2)c1CCCC. The van der Waals surface area contributed by atoms with E-state index in [4.69, 9.17) is 20.4 Å². The zero-order chi connectivity index (χ0) is 26.9. The number of carbonyl (C=O) groups excluding carboxylic acids is 1. The van der Waals surface area contributed by atoms with Gasteiger partial charge in [0.05, 0.1) is 7.11 Å². The fourth-order valence-electron chi connectivity index (χ4n) is 5.41. The van der Waals surface area contributed by atoms with Crippen LogP contribution in [0.4, 0.5) is 11.6 Å². The van der Waals surface area contributed by atoms with E-state index in [1.165, 1.54) is 32.4 Å². The minimum atomic E-state index is -0.457. The molecule has 1 fully saturated rings. The number of nitrogens with two attached hydrogens (primary N) is 1. The Hall–Kier alpha value is -3.13. The molecule has 3 N–H and O–H groups in total. The van der Waals surface area contributed by atoms with Crippen LogP contribution in [0.15, 0.2) is 24.3 Å². The van der Waals surface area contributed by atoms with Crippen molar-refractivity contribution in [2.24, 2.45) is 5.73 Å². The number of pyridine rings is 1. The highest BCUT2D eigenvalue weighted by Gasteiger charge is 2.24. The van der Waals surface area contributed by atoms with Crippen LogP contribution in [0, 0.1) is 0 Å². The number of unbranched alkanes of at least 4 members (excludes halogenated alkanes) is 2. The molecule has 0 atom stereocenters. The van der Waals surface area contributed by atoms with Crippen LogP contribution in [-0.4, -0.2) is 52.1 Å². The van der Waals surface area contributed by atoms with Crippen molar-refractivity contribution in [2.75, 3.05) is 32.1 Å². The lowest BCUT2D eigenvalue weighted by Gasteiger charge is -2.26. The van der Waals surface area contributed by atoms with Crippen LogP contribution in [0.5, 0.6) is 5.75 Å². The molecular formula is C30H44N6O2. The van der Waals surface area contributed by atoms with Gasteiger partial charge in [0, 0.05) is 12.2 Å². The summed E-state index contributed by atoms with van der Waals surface area (Å²) in [5.41, 5.74) is 11.0. The van der Waals surface area contributed by atoms with Crippen molar-refractivity contribution in [3.63, 3.8) is 0 Å². The van der Waals surface area contributed by atoms with Crippen LogP contribution in [0.1, 0.15) is 86.8 Å². The molecule has 0 radical (unpaired) electrons. The number of imidazole rings is 1. The first-order chi connectivity index (χ1) is 18.5. The van der Waals surface area contributed by atoms with E-state index in [1.807, 2.05) is 24.3 Å². The second-order valence-corrected chi connectivity index (χ2v) is 10.4. The van der Waals surface area contributed by atoms with Gasteiger partial charge in [0.1, 0.15) is 17.0 Å². The maximum atomic E-state index is 12.6. The topological polar surface area (TPSA) is 98.3 Å². The van der Waals surface area contributed by atoms with Crippen LogP contribution in [-0.2, 0) is 19.4 Å². The lowest BCUT2D eigenvalue weighted by molar-refractivity contribution is 0.0994. The van der Waals surface area contributed by atoms with Gasteiger partial charge in [0.2, 0.25) is 5.95 Å². The summed E-state index contributed by atoms with van der Waals surface area (Å²) in [6, 6.07) is 7.85. The number of carbonyl (C=O) groups is 1. The van der Waals surface area contributed by atoms with Crippen molar-refractivity contribution in [1.82, 2.24) is 19.4 Å². The quantitative estimate of drug-likeness (QED) is 0.277. The van der Waals surface area contributed by atoms with Crippen molar-refractivity contribution in [1.29, 1.82) is 0 Å². The third kappa shape index (κ3) is 6.65. The van der Waals surface area contributed by atoms with Gasteiger partial charge in [-0.1, -0.05) is 33.1 Å². The van der Waals surface area contributed by atoms with Gasteiger partial charge in [0.25, 0.3) is 5.91 Å². The minimum Gasteiger partial charge on any atom is -0.497 e. The molecule has 206 valence electrons. The summed E-state index contributed by atoms with van der Waals surface area (Å²) >= 11 is 0. The molecule has 0 unspecified atom stereocenters. The number of methoxy groups -OCH3 is 1. The number of anilines is 2. The predicted octanol–water partition coefficient (Wildman–Crippen LogP) is 5.84. The Morgan fingerprint density at radius 2 is 1.63 bits per heavy atom. The van der Waals surface area contributed by atoms with Crippen LogP contribution in [0.2, 0.25) is 0 Å². The van der Waals surface area contributed by atoms with Crippen molar-refractivity contribution in [3.8, 4) is 5.75 Å². The number of nitrogens with zero attached hydrogens (tertiary/aromatic N) is 4. The number of hydrogen-bond acceptors (Lipinski definition) is 6. The number of amides is 1. The monoisotopic (exact) mass is 520 g/mol. The number of aromatic nitrogens is 3. The van der Waals surface area contributed by atoms with Gasteiger partial charge in [0.15, 0.2) is 5.65 Å². The average Bonchev–Trinajstić information content (AvgIpc) is 3.27. The molecule has 1 aromatic carbocycles. The molecule has 4 rings (SSSR count). The zero-order valence-corrected chi connectivity index (χ0v) is 23.4. The van der Waals surface area contributed by atoms with E-state index < -0.39 is 5.91 Å². The van der Waals surface area contributed by atoms with Crippen LogP contribution in [0.25, 0.3) is 11.2 Å². The molecule has 3 aromatic rings. The summed E-state index contributed by atoms with van der Waals surface area (Å²) in [7, 11) is 1.67. The Labute approximate surface area is 227 Å². The fourth-order valence-corrected chi connectivity index (χ4v) is 5.41. The summed E-state index contributed by atoms with van der Waals surface area (Å²) in [5.74, 6) is 1.10. The van der Waals surface area contributed by atoms with E-state index >= 15 is 0 Å². The van der Waals surface area contributed by atoms with E-state index in [9.17, 15) is 4.79 Å². The first-order valence-electron chi connectivity index (χ1n) is 14.4. The summed E-state index contributed by atoms with van der Waals surface area (Å²) in [4.78, 5) is 25.2. The minimum absolute atomic E-state index is 0.408. The number of fused-ring (bicyclic) bond motifs is 1. The first kappa shape index (κ1) is 27.9. The molecule has 0 saturated carbocycles. The van der Waals surface area contributed by atoms with Gasteiger partial charge in [-0.05, 0) is 100.0 Å². The first-order valence-corrected chi connectivity index (χ1v) is 14.4. The third-order valence-corrected chi connectivity index (χ3v) is 7.54. The van der Waals surface area contributed by atoms with Crippen molar-refractivity contribution in [2.45, 2.75) is 84.6 Å². The number of nitrogens with one attached hydrogen (secondary N) is 1. The van der Waals surface area contributed by atoms with Gasteiger partial charge in [-0.15, -0.1) is 0 Å². The molecule has 0 spiro atoms. The van der Waals surface area contributed by atoms with Gasteiger partial charge in [-0.2, -0.15) is 0 Å². The Balaban J connectivity index is 1.77. The number of benzene rings is 1. The molecule has 0 bridgehead atoms. The van der Waals surface area contributed by atoms with Gasteiger partial charge in [-0.3, -0.25) is 9.36 Å². The lowest BCUT2D eigenvalue weighted by Crippen LogP contribution is -2.31. The largest absolute Gasteiger partial charge is 0.497 e. The lowest BCUT2D eigenvalue weighted by atomic mass is 9.95. The molecule has 1 aliphatic heterocycles. The van der Waals surface area contributed by atoms with E-state index in [0.29, 0.717) is 5.69 Å². The van der Waals surface area contributed by atoms with Crippen LogP contribution >= 0.6 is 0 Å². The Morgan fingerprint density at radius 3 is 2.26 bits per heavy atom. The fraction of sp³-hybridized carbons (Fsp3) is 0.567. The van der Waals surface area contributed by atoms with Crippen molar-refractivity contribution in [3.05, 3.63) is 41.1 Å². The number of primary amides is 1. The van der Waals surface area contributed by atoms with E-state index in [0.717, 1.165) is 97.7 Å². The second-order valence-electron chi connectivity index (χ2n) is 10.4. The molecule has 38 heavy (non-hydrogen) atoms. The maximum absolute atomic E-state index is 12.6. The highest BCUT2D eigenvalue weighted by atomic mass is 16.5. The Morgan fingerprint density at radius 1 is 0.947 bits per heavy atom. The van der Waals surface area contributed by atoms with E-state index in [-0.39, 0.29) is 0 Å². The van der Waals surface area contributed by atoms with E-state index in [2.05, 4.69) is 28.6 Å². The molecule has 1 saturated heterocycles. The molecule has 1 amide bonds. The van der Waals surface area contributed by atoms with Crippen LogP contribution < -0.4 is 15.8 Å². The summed E-state index contributed by atoms with van der Waals surface area (Å²) in [6.07, 6.45) is 10.7. The summed E-state index contributed by atoms with van der Waals surface area (Å²) in [6.45, 7) is 8.51. The smallest absolute Gasteiger partial charge is 0.267 e. The summed E-state index contributed by atoms with van der Waals surface area (Å²) < 4.78 is 7.48. The van der Waals surface area contributed by atoms with Crippen molar-refractivity contribution >= 4 is 28.7 Å². The number of aryl methyl sites for hydroxylation is 2. The van der Waals surface area contributed by atoms with Gasteiger partial charge in [-0.25, -0.2) is 9.97 Å². The van der Waals surface area contributed by atoms with Gasteiger partial charge >= 0.3 is 0 Å². The second kappa shape index (κ2) is 13.6. The van der Waals surface area contributed by atoms with Crippen molar-refractivity contribution < 1.29 is 9.53 Å². The molecule has 0 aliphatic carbocycles. The highest BCUT2D eigenvalue weighted by Crippen LogP contribution is 2.31. The Kier molecular flexibility index (Phi) is 9.98. The Bertz CT molecular complexity index is 1200. The standard InChI is InChI=1S/C30H44N6O2/c1-4-6-12-24-25(13-7-5-2)27-29(33-26(24)28(31)37)36(21-11-20-35-18-9-8-10-19-35)30(34-27)32-22-14-16-23(38-3)17-15-22/h14-17H,4-13,18-21H2,1-3H3,(H2,31,37)(H,32,34). The molecule has 3 heterocycles. The normalized spacial score (nSPS) is 14.2. The molecule has 1 aliphatic rings. The number of likely N-dealkylation sites (tertiary alicyclic amines) is 1.